The molecule has 1 atom stereocenters. The van der Waals surface area contributed by atoms with Gasteiger partial charge in [0.25, 0.3) is 0 Å². The monoisotopic (exact) mass is 398 g/mol. The summed E-state index contributed by atoms with van der Waals surface area (Å²) in [5.74, 6) is 0.507. The number of benzene rings is 1. The van der Waals surface area contributed by atoms with Crippen molar-refractivity contribution < 1.29 is 9.13 Å². The van der Waals surface area contributed by atoms with E-state index in [0.717, 1.165) is 47.7 Å². The van der Waals surface area contributed by atoms with Gasteiger partial charge >= 0.3 is 0 Å². The topological polar surface area (TPSA) is 24.5 Å². The zero-order valence-corrected chi connectivity index (χ0v) is 15.4. The van der Waals surface area contributed by atoms with E-state index in [1.54, 1.807) is 30.6 Å². The molecule has 1 unspecified atom stereocenters. The third-order valence-corrected chi connectivity index (χ3v) is 5.77. The van der Waals surface area contributed by atoms with Crippen molar-refractivity contribution in [3.8, 4) is 5.75 Å². The van der Waals surface area contributed by atoms with Crippen molar-refractivity contribution in [1.29, 1.82) is 0 Å². The molecule has 1 aromatic heterocycles. The molecule has 3 nitrogen and oxygen atoms in total. The van der Waals surface area contributed by atoms with Crippen LogP contribution in [0.15, 0.2) is 34.1 Å². The van der Waals surface area contributed by atoms with Crippen molar-refractivity contribution in [3.05, 3.63) is 50.4 Å². The highest BCUT2D eigenvalue weighted by atomic mass is 79.9. The van der Waals surface area contributed by atoms with E-state index in [9.17, 15) is 4.39 Å². The fourth-order valence-electron chi connectivity index (χ4n) is 3.05. The molecule has 0 saturated carbocycles. The molecule has 0 radical (unpaired) electrons. The Labute approximate surface area is 148 Å². The van der Waals surface area contributed by atoms with Gasteiger partial charge in [-0.2, -0.15) is 0 Å². The van der Waals surface area contributed by atoms with Gasteiger partial charge in [-0.25, -0.2) is 4.39 Å². The number of ether oxygens (including phenoxy) is 1. The van der Waals surface area contributed by atoms with Crippen molar-refractivity contribution in [2.24, 2.45) is 0 Å². The molecule has 0 bridgehead atoms. The predicted molar refractivity (Wildman–Crippen MR) is 95.9 cm³/mol. The van der Waals surface area contributed by atoms with Gasteiger partial charge in [0.05, 0.1) is 16.9 Å². The Morgan fingerprint density at radius 1 is 1.26 bits per heavy atom. The Morgan fingerprint density at radius 3 is 2.87 bits per heavy atom. The van der Waals surface area contributed by atoms with E-state index in [-0.39, 0.29) is 11.9 Å². The van der Waals surface area contributed by atoms with Crippen LogP contribution in [0.5, 0.6) is 5.75 Å². The summed E-state index contributed by atoms with van der Waals surface area (Å²) in [7, 11) is 1.64. The van der Waals surface area contributed by atoms with Gasteiger partial charge in [-0.3, -0.25) is 4.90 Å². The van der Waals surface area contributed by atoms with Gasteiger partial charge in [0, 0.05) is 30.1 Å². The van der Waals surface area contributed by atoms with Crippen LogP contribution >= 0.6 is 27.3 Å². The second-order valence-electron chi connectivity index (χ2n) is 5.57. The number of hydrogen-bond acceptors (Lipinski definition) is 4. The number of thiophene rings is 1. The molecule has 0 amide bonds. The van der Waals surface area contributed by atoms with Gasteiger partial charge < -0.3 is 10.1 Å². The minimum atomic E-state index is -0.227. The number of rotatable bonds is 4. The maximum absolute atomic E-state index is 13.9. The zero-order valence-electron chi connectivity index (χ0n) is 13.0. The highest BCUT2D eigenvalue weighted by molar-refractivity contribution is 9.11. The van der Waals surface area contributed by atoms with Crippen LogP contribution in [-0.4, -0.2) is 38.2 Å². The summed E-state index contributed by atoms with van der Waals surface area (Å²) in [4.78, 5) is 3.61. The standard InChI is InChI=1S/C17H20BrFN2OS/c1-22-14-4-3-12(19)11-13(14)17(15-5-6-16(18)23-15)21-9-2-7-20-8-10-21/h3-6,11,17,20H,2,7-10H2,1H3. The van der Waals surface area contributed by atoms with Crippen molar-refractivity contribution in [3.63, 3.8) is 0 Å². The summed E-state index contributed by atoms with van der Waals surface area (Å²) in [5.41, 5.74) is 0.892. The second-order valence-corrected chi connectivity index (χ2v) is 8.06. The Bertz CT molecular complexity index is 656. The first-order valence-corrected chi connectivity index (χ1v) is 9.33. The van der Waals surface area contributed by atoms with Crippen LogP contribution in [-0.2, 0) is 0 Å². The van der Waals surface area contributed by atoms with Crippen molar-refractivity contribution in [2.45, 2.75) is 12.5 Å². The number of nitrogens with zero attached hydrogens (tertiary/aromatic N) is 1. The quantitative estimate of drug-likeness (QED) is 0.840. The third-order valence-electron chi connectivity index (χ3n) is 4.09. The largest absolute Gasteiger partial charge is 0.496 e. The third kappa shape index (κ3) is 3.94. The normalized spacial score (nSPS) is 17.7. The van der Waals surface area contributed by atoms with Crippen molar-refractivity contribution in [1.82, 2.24) is 10.2 Å². The first kappa shape index (κ1) is 16.9. The van der Waals surface area contributed by atoms with E-state index in [1.807, 2.05) is 0 Å². The van der Waals surface area contributed by atoms with E-state index in [0.29, 0.717) is 0 Å². The molecule has 2 heterocycles. The fraction of sp³-hybridized carbons (Fsp3) is 0.412. The molecule has 124 valence electrons. The lowest BCUT2D eigenvalue weighted by Crippen LogP contribution is -2.32. The van der Waals surface area contributed by atoms with Gasteiger partial charge in [0.1, 0.15) is 11.6 Å². The molecule has 3 rings (SSSR count). The maximum atomic E-state index is 13.9. The average Bonchev–Trinajstić information content (AvgIpc) is 2.80. The number of halogens is 2. The van der Waals surface area contributed by atoms with Gasteiger partial charge in [0.2, 0.25) is 0 Å². The molecule has 0 aliphatic carbocycles. The lowest BCUT2D eigenvalue weighted by atomic mass is 10.0. The number of methoxy groups -OCH3 is 1. The molecule has 6 heteroatoms. The van der Waals surface area contributed by atoms with Crippen LogP contribution in [0.4, 0.5) is 4.39 Å². The van der Waals surface area contributed by atoms with E-state index >= 15 is 0 Å². The second kappa shape index (κ2) is 7.75. The van der Waals surface area contributed by atoms with Gasteiger partial charge in [-0.15, -0.1) is 11.3 Å². The lowest BCUT2D eigenvalue weighted by molar-refractivity contribution is 0.238. The minimum absolute atomic E-state index is 0.0110. The molecule has 2 aromatic rings. The fourth-order valence-corrected chi connectivity index (χ4v) is 4.63. The minimum Gasteiger partial charge on any atom is -0.496 e. The molecule has 1 aliphatic rings. The first-order valence-electron chi connectivity index (χ1n) is 7.72. The SMILES string of the molecule is COc1ccc(F)cc1C(c1ccc(Br)s1)N1CCCNCC1. The molecule has 1 fully saturated rings. The molecule has 0 spiro atoms. The Hall–Kier alpha value is -0.950. The number of nitrogens with one attached hydrogen (secondary N) is 1. The van der Waals surface area contributed by atoms with Gasteiger partial charge in [-0.05, 0) is 59.2 Å². The van der Waals surface area contributed by atoms with Crippen LogP contribution in [0.1, 0.15) is 22.9 Å². The summed E-state index contributed by atoms with van der Waals surface area (Å²) in [6.07, 6.45) is 1.08. The molecule has 1 aromatic carbocycles. The molecule has 1 saturated heterocycles. The zero-order chi connectivity index (χ0) is 16.2. The predicted octanol–water partition coefficient (Wildman–Crippen LogP) is 4.04. The highest BCUT2D eigenvalue weighted by Crippen LogP contribution is 2.39. The van der Waals surface area contributed by atoms with Crippen molar-refractivity contribution >= 4 is 27.3 Å². The highest BCUT2D eigenvalue weighted by Gasteiger charge is 2.27. The van der Waals surface area contributed by atoms with E-state index < -0.39 is 0 Å². The van der Waals surface area contributed by atoms with Crippen LogP contribution < -0.4 is 10.1 Å². The van der Waals surface area contributed by atoms with E-state index in [4.69, 9.17) is 4.74 Å². The Morgan fingerprint density at radius 2 is 2.13 bits per heavy atom. The first-order chi connectivity index (χ1) is 11.2. The molecule has 23 heavy (non-hydrogen) atoms. The summed E-state index contributed by atoms with van der Waals surface area (Å²) in [6.45, 7) is 3.88. The van der Waals surface area contributed by atoms with Gasteiger partial charge in [-0.1, -0.05) is 0 Å². The molecular weight excluding hydrogens is 379 g/mol. The summed E-state index contributed by atoms with van der Waals surface area (Å²) < 4.78 is 20.5. The summed E-state index contributed by atoms with van der Waals surface area (Å²) in [6, 6.07) is 8.95. The molecule has 1 aliphatic heterocycles. The number of hydrogen-bond donors (Lipinski definition) is 1. The molecule has 1 N–H and O–H groups in total. The van der Waals surface area contributed by atoms with E-state index in [2.05, 4.69) is 38.3 Å². The van der Waals surface area contributed by atoms with Gasteiger partial charge in [0.15, 0.2) is 0 Å². The summed E-state index contributed by atoms with van der Waals surface area (Å²) in [5, 5.41) is 3.43. The lowest BCUT2D eigenvalue weighted by Gasteiger charge is -2.31. The van der Waals surface area contributed by atoms with Crippen LogP contribution in [0, 0.1) is 5.82 Å². The maximum Gasteiger partial charge on any atom is 0.124 e. The van der Waals surface area contributed by atoms with Crippen molar-refractivity contribution in [2.75, 3.05) is 33.3 Å². The van der Waals surface area contributed by atoms with Crippen LogP contribution in [0.2, 0.25) is 0 Å². The van der Waals surface area contributed by atoms with E-state index in [1.165, 1.54) is 10.9 Å². The Kier molecular flexibility index (Phi) is 5.69. The van der Waals surface area contributed by atoms with Crippen LogP contribution in [0.3, 0.4) is 0 Å². The summed E-state index contributed by atoms with van der Waals surface area (Å²) >= 11 is 5.24. The molecular formula is C17H20BrFN2OS. The smallest absolute Gasteiger partial charge is 0.124 e. The van der Waals surface area contributed by atoms with Crippen LogP contribution in [0.25, 0.3) is 0 Å². The Balaban J connectivity index is 2.05. The average molecular weight is 399 g/mol.